The van der Waals surface area contributed by atoms with E-state index in [9.17, 15) is 4.79 Å². The summed E-state index contributed by atoms with van der Waals surface area (Å²) >= 11 is 0. The first-order valence-electron chi connectivity index (χ1n) is 13.0. The summed E-state index contributed by atoms with van der Waals surface area (Å²) in [6, 6.07) is 30.2. The number of hydrogen-bond donors (Lipinski definition) is 1. The molecule has 1 N–H and O–H groups in total. The van der Waals surface area contributed by atoms with Gasteiger partial charge in [0.2, 0.25) is 0 Å². The third-order valence-electron chi connectivity index (χ3n) is 8.03. The lowest BCUT2D eigenvalue weighted by molar-refractivity contribution is 0.0707. The van der Waals surface area contributed by atoms with Gasteiger partial charge >= 0.3 is 0 Å². The van der Waals surface area contributed by atoms with E-state index in [2.05, 4.69) is 94.8 Å². The molecule has 2 saturated heterocycles. The zero-order valence-corrected chi connectivity index (χ0v) is 20.9. The Balaban J connectivity index is 1.35. The van der Waals surface area contributed by atoms with Gasteiger partial charge < -0.3 is 15.1 Å². The monoisotopic (exact) mass is 467 g/mol. The van der Waals surface area contributed by atoms with Gasteiger partial charge in [0.25, 0.3) is 5.91 Å². The Hall–Kier alpha value is -2.95. The van der Waals surface area contributed by atoms with E-state index >= 15 is 0 Å². The quantitative estimate of drug-likeness (QED) is 0.502. The molecule has 0 bridgehead atoms. The van der Waals surface area contributed by atoms with Crippen molar-refractivity contribution in [2.24, 2.45) is 0 Å². The van der Waals surface area contributed by atoms with E-state index in [1.54, 1.807) is 0 Å². The highest BCUT2D eigenvalue weighted by atomic mass is 16.2. The number of benzene rings is 3. The van der Waals surface area contributed by atoms with Gasteiger partial charge in [0.05, 0.1) is 0 Å². The molecule has 0 spiro atoms. The van der Waals surface area contributed by atoms with Gasteiger partial charge in [-0.15, -0.1) is 0 Å². The summed E-state index contributed by atoms with van der Waals surface area (Å²) in [7, 11) is 1.96. The van der Waals surface area contributed by atoms with Gasteiger partial charge in [-0.1, -0.05) is 72.8 Å². The molecule has 4 heteroatoms. The second-order valence-electron chi connectivity index (χ2n) is 10.2. The van der Waals surface area contributed by atoms with Crippen LogP contribution in [0.2, 0.25) is 0 Å². The van der Waals surface area contributed by atoms with E-state index in [1.807, 2.05) is 19.2 Å². The Morgan fingerprint density at radius 1 is 0.914 bits per heavy atom. The van der Waals surface area contributed by atoms with Crippen molar-refractivity contribution < 1.29 is 4.79 Å². The molecule has 4 nitrogen and oxygen atoms in total. The Bertz CT molecular complexity index is 1120. The lowest BCUT2D eigenvalue weighted by Crippen LogP contribution is -2.42. The fraction of sp³-hybridized carbons (Fsp3) is 0.387. The number of amides is 1. The van der Waals surface area contributed by atoms with Gasteiger partial charge in [-0.2, -0.15) is 0 Å². The Morgan fingerprint density at radius 3 is 2.29 bits per heavy atom. The summed E-state index contributed by atoms with van der Waals surface area (Å²) < 4.78 is 0. The topological polar surface area (TPSA) is 35.6 Å². The first-order valence-corrected chi connectivity index (χ1v) is 13.0. The molecule has 0 saturated carbocycles. The molecular formula is C31H37N3O. The number of nitrogens with zero attached hydrogens (tertiary/aromatic N) is 2. The second-order valence-corrected chi connectivity index (χ2v) is 10.2. The molecule has 4 atom stereocenters. The van der Waals surface area contributed by atoms with E-state index in [4.69, 9.17) is 0 Å². The maximum Gasteiger partial charge on any atom is 0.254 e. The normalized spacial score (nSPS) is 23.5. The van der Waals surface area contributed by atoms with Crippen LogP contribution in [0.15, 0.2) is 84.9 Å². The Kier molecular flexibility index (Phi) is 7.31. The molecule has 0 aliphatic carbocycles. The molecule has 3 aromatic carbocycles. The average Bonchev–Trinajstić information content (AvgIpc) is 3.56. The fourth-order valence-corrected chi connectivity index (χ4v) is 5.87. The van der Waals surface area contributed by atoms with Gasteiger partial charge in [0, 0.05) is 43.2 Å². The van der Waals surface area contributed by atoms with Gasteiger partial charge in [0.15, 0.2) is 0 Å². The Labute approximate surface area is 210 Å². The molecule has 0 unspecified atom stereocenters. The van der Waals surface area contributed by atoms with Gasteiger partial charge in [-0.3, -0.25) is 4.79 Å². The number of rotatable bonds is 7. The minimum atomic E-state index is 0.164. The van der Waals surface area contributed by atoms with Gasteiger partial charge in [-0.05, 0) is 68.1 Å². The molecule has 0 radical (unpaired) electrons. The van der Waals surface area contributed by atoms with Crippen molar-refractivity contribution in [3.05, 3.63) is 107 Å². The summed E-state index contributed by atoms with van der Waals surface area (Å²) in [4.78, 5) is 18.6. The van der Waals surface area contributed by atoms with Crippen LogP contribution in [0.5, 0.6) is 0 Å². The summed E-state index contributed by atoms with van der Waals surface area (Å²) in [5.74, 6) is 1.14. The molecule has 35 heavy (non-hydrogen) atoms. The minimum Gasteiger partial charge on any atom is -0.334 e. The van der Waals surface area contributed by atoms with E-state index in [0.29, 0.717) is 11.8 Å². The molecule has 2 fully saturated rings. The SMILES string of the molecule is CN[C@H](C)c1cccc(C(=O)N2C[C@@H](c3ccccc3)C[C@H]2CN2CC[C@H](c3ccccc3)C2)c1. The van der Waals surface area contributed by atoms with Crippen LogP contribution >= 0.6 is 0 Å². The van der Waals surface area contributed by atoms with Crippen LogP contribution < -0.4 is 5.32 Å². The molecule has 1 amide bonds. The van der Waals surface area contributed by atoms with Crippen molar-refractivity contribution in [3.63, 3.8) is 0 Å². The smallest absolute Gasteiger partial charge is 0.254 e. The largest absolute Gasteiger partial charge is 0.334 e. The van der Waals surface area contributed by atoms with Crippen LogP contribution in [-0.4, -0.2) is 55.0 Å². The van der Waals surface area contributed by atoms with E-state index < -0.39 is 0 Å². The molecule has 2 aliphatic heterocycles. The zero-order chi connectivity index (χ0) is 24.2. The zero-order valence-electron chi connectivity index (χ0n) is 20.9. The predicted octanol–water partition coefficient (Wildman–Crippen LogP) is 5.45. The number of carbonyl (C=O) groups excluding carboxylic acids is 1. The molecular weight excluding hydrogens is 430 g/mol. The minimum absolute atomic E-state index is 0.164. The fourth-order valence-electron chi connectivity index (χ4n) is 5.87. The average molecular weight is 468 g/mol. The standard InChI is InChI=1S/C31H37N3O/c1-23(32-2)26-14-9-15-27(18-26)31(35)34-21-29(25-12-7-4-8-13-25)19-30(34)22-33-17-16-28(20-33)24-10-5-3-6-11-24/h3-15,18,23,28-30,32H,16-17,19-22H2,1-2H3/t23-,28+,29+,30+/m1/s1. The van der Waals surface area contributed by atoms with Crippen molar-refractivity contribution in [3.8, 4) is 0 Å². The van der Waals surface area contributed by atoms with Crippen LogP contribution in [0.1, 0.15) is 64.7 Å². The summed E-state index contributed by atoms with van der Waals surface area (Å²) in [6.45, 7) is 6.04. The third kappa shape index (κ3) is 5.34. The number of nitrogens with one attached hydrogen (secondary N) is 1. The van der Waals surface area contributed by atoms with Crippen LogP contribution in [-0.2, 0) is 0 Å². The van der Waals surface area contributed by atoms with Crippen LogP contribution in [0.25, 0.3) is 0 Å². The van der Waals surface area contributed by atoms with Crippen LogP contribution in [0.4, 0.5) is 0 Å². The van der Waals surface area contributed by atoms with Gasteiger partial charge in [0.1, 0.15) is 0 Å². The second kappa shape index (κ2) is 10.8. The van der Waals surface area contributed by atoms with E-state index in [0.717, 1.165) is 43.7 Å². The highest BCUT2D eigenvalue weighted by Crippen LogP contribution is 2.35. The van der Waals surface area contributed by atoms with Crippen molar-refractivity contribution in [2.75, 3.05) is 33.2 Å². The van der Waals surface area contributed by atoms with Crippen molar-refractivity contribution in [1.82, 2.24) is 15.1 Å². The molecule has 0 aromatic heterocycles. The first kappa shape index (κ1) is 23.8. The van der Waals surface area contributed by atoms with Crippen molar-refractivity contribution in [1.29, 1.82) is 0 Å². The van der Waals surface area contributed by atoms with Crippen molar-refractivity contribution >= 4 is 5.91 Å². The van der Waals surface area contributed by atoms with Crippen LogP contribution in [0.3, 0.4) is 0 Å². The highest BCUT2D eigenvalue weighted by molar-refractivity contribution is 5.95. The number of likely N-dealkylation sites (tertiary alicyclic amines) is 2. The number of carbonyl (C=O) groups is 1. The number of hydrogen-bond acceptors (Lipinski definition) is 3. The van der Waals surface area contributed by atoms with Crippen molar-refractivity contribution in [2.45, 2.75) is 43.7 Å². The first-order chi connectivity index (χ1) is 17.1. The Morgan fingerprint density at radius 2 is 1.60 bits per heavy atom. The van der Waals surface area contributed by atoms with Gasteiger partial charge in [-0.25, -0.2) is 0 Å². The summed E-state index contributed by atoms with van der Waals surface area (Å²) in [5.41, 5.74) is 4.73. The molecule has 2 heterocycles. The summed E-state index contributed by atoms with van der Waals surface area (Å²) in [5, 5.41) is 3.29. The summed E-state index contributed by atoms with van der Waals surface area (Å²) in [6.07, 6.45) is 2.21. The molecule has 5 rings (SSSR count). The van der Waals surface area contributed by atoms with E-state index in [-0.39, 0.29) is 18.0 Å². The third-order valence-corrected chi connectivity index (χ3v) is 8.03. The molecule has 2 aliphatic rings. The lowest BCUT2D eigenvalue weighted by atomic mass is 9.96. The predicted molar refractivity (Wildman–Crippen MR) is 143 cm³/mol. The lowest BCUT2D eigenvalue weighted by Gasteiger charge is -2.29. The van der Waals surface area contributed by atoms with Crippen LogP contribution in [0, 0.1) is 0 Å². The highest BCUT2D eigenvalue weighted by Gasteiger charge is 2.38. The maximum absolute atomic E-state index is 13.8. The van der Waals surface area contributed by atoms with E-state index in [1.165, 1.54) is 17.5 Å². The molecule has 182 valence electrons. The maximum atomic E-state index is 13.8. The molecule has 3 aromatic rings.